The molecule has 0 amide bonds. The largest absolute Gasteiger partial charge is 0.377 e. The van der Waals surface area contributed by atoms with Crippen molar-refractivity contribution in [3.63, 3.8) is 0 Å². The number of fused-ring (bicyclic) bond motifs is 1. The lowest BCUT2D eigenvalue weighted by Gasteiger charge is -2.31. The quantitative estimate of drug-likeness (QED) is 0.470. The Morgan fingerprint density at radius 3 is 2.36 bits per heavy atom. The average Bonchev–Trinajstić information content (AvgIpc) is 3.24. The number of aryl methyl sites for hydroxylation is 1. The highest BCUT2D eigenvalue weighted by Gasteiger charge is 2.50. The molecule has 33 heavy (non-hydrogen) atoms. The lowest BCUT2D eigenvalue weighted by atomic mass is 9.79. The number of benzene rings is 1. The van der Waals surface area contributed by atoms with Crippen molar-refractivity contribution in [2.24, 2.45) is 23.2 Å². The fraction of sp³-hybridized carbons (Fsp3) is 0.630. The molecule has 0 saturated heterocycles. The number of nitrogens with zero attached hydrogens (tertiary/aromatic N) is 2. The maximum Gasteiger partial charge on any atom is 0.280 e. The summed E-state index contributed by atoms with van der Waals surface area (Å²) in [6.07, 6.45) is 6.05. The molecule has 1 aromatic heterocycles. The molecule has 0 spiro atoms. The second-order valence-corrected chi connectivity index (χ2v) is 10.7. The molecule has 2 fully saturated rings. The zero-order valence-electron chi connectivity index (χ0n) is 21.0. The van der Waals surface area contributed by atoms with Crippen LogP contribution in [-0.2, 0) is 13.1 Å². The predicted octanol–water partition coefficient (Wildman–Crippen LogP) is 5.49. The Labute approximate surface area is 198 Å². The molecule has 1 aromatic carbocycles. The van der Waals surface area contributed by atoms with E-state index in [1.165, 1.54) is 36.8 Å². The zero-order valence-corrected chi connectivity index (χ0v) is 21.0. The molecule has 2 atom stereocenters. The molecule has 2 aromatic rings. The number of anilines is 3. The Balaban J connectivity index is 1.58. The van der Waals surface area contributed by atoms with Gasteiger partial charge in [-0.05, 0) is 67.8 Å². The van der Waals surface area contributed by atoms with Crippen LogP contribution in [0.25, 0.3) is 0 Å². The van der Waals surface area contributed by atoms with Gasteiger partial charge in [0.2, 0.25) is 5.95 Å². The van der Waals surface area contributed by atoms with Crippen molar-refractivity contribution in [3.05, 3.63) is 45.7 Å². The van der Waals surface area contributed by atoms with Gasteiger partial charge in [-0.3, -0.25) is 9.36 Å². The third-order valence-electron chi connectivity index (χ3n) is 7.79. The first-order valence-electron chi connectivity index (χ1n) is 12.7. The van der Waals surface area contributed by atoms with Crippen molar-refractivity contribution >= 4 is 17.5 Å². The maximum absolute atomic E-state index is 13.6. The van der Waals surface area contributed by atoms with Gasteiger partial charge in [-0.1, -0.05) is 50.6 Å². The number of nitrogens with one attached hydrogen (secondary N) is 3. The highest BCUT2D eigenvalue weighted by Crippen LogP contribution is 2.58. The topological polar surface area (TPSA) is 71.0 Å². The predicted molar refractivity (Wildman–Crippen MR) is 138 cm³/mol. The third kappa shape index (κ3) is 4.90. The lowest BCUT2D eigenvalue weighted by Crippen LogP contribution is -2.34. The SMILES string of the molecule is CCCn1c(NCc2ccc(C)cc2)nc(NC)c(NCC23CC(C)CC2CC(C)C3)c1=O. The van der Waals surface area contributed by atoms with Crippen molar-refractivity contribution in [1.29, 1.82) is 0 Å². The smallest absolute Gasteiger partial charge is 0.280 e. The van der Waals surface area contributed by atoms with Crippen molar-refractivity contribution in [2.45, 2.75) is 72.9 Å². The van der Waals surface area contributed by atoms with Crippen molar-refractivity contribution in [1.82, 2.24) is 9.55 Å². The monoisotopic (exact) mass is 451 g/mol. The summed E-state index contributed by atoms with van der Waals surface area (Å²) in [6.45, 7) is 11.1. The van der Waals surface area contributed by atoms with E-state index in [9.17, 15) is 4.79 Å². The van der Waals surface area contributed by atoms with E-state index in [0.717, 1.165) is 30.7 Å². The van der Waals surface area contributed by atoms with Crippen LogP contribution >= 0.6 is 0 Å². The van der Waals surface area contributed by atoms with E-state index in [2.05, 4.69) is 67.9 Å². The Bertz CT molecular complexity index is 998. The number of aromatic nitrogens is 2. The molecule has 3 N–H and O–H groups in total. The zero-order chi connectivity index (χ0) is 23.6. The second kappa shape index (κ2) is 9.78. The van der Waals surface area contributed by atoms with Crippen LogP contribution in [0.15, 0.2) is 29.1 Å². The molecule has 0 radical (unpaired) electrons. The first kappa shape index (κ1) is 23.7. The fourth-order valence-electron chi connectivity index (χ4n) is 6.44. The van der Waals surface area contributed by atoms with E-state index < -0.39 is 0 Å². The van der Waals surface area contributed by atoms with Gasteiger partial charge >= 0.3 is 0 Å². The number of hydrogen-bond donors (Lipinski definition) is 3. The number of hydrogen-bond acceptors (Lipinski definition) is 5. The summed E-state index contributed by atoms with van der Waals surface area (Å²) < 4.78 is 1.79. The molecule has 0 bridgehead atoms. The molecule has 4 rings (SSSR count). The molecule has 2 aliphatic rings. The van der Waals surface area contributed by atoms with Gasteiger partial charge < -0.3 is 16.0 Å². The third-order valence-corrected chi connectivity index (χ3v) is 7.79. The summed E-state index contributed by atoms with van der Waals surface area (Å²) in [5.74, 6) is 3.57. The van der Waals surface area contributed by atoms with E-state index in [0.29, 0.717) is 36.0 Å². The minimum Gasteiger partial charge on any atom is -0.377 e. The van der Waals surface area contributed by atoms with Gasteiger partial charge in [-0.25, -0.2) is 0 Å². The lowest BCUT2D eigenvalue weighted by molar-refractivity contribution is 0.255. The molecule has 2 saturated carbocycles. The second-order valence-electron chi connectivity index (χ2n) is 10.7. The number of rotatable bonds is 9. The van der Waals surface area contributed by atoms with Crippen molar-refractivity contribution in [2.75, 3.05) is 29.5 Å². The Morgan fingerprint density at radius 1 is 1.09 bits per heavy atom. The fourth-order valence-corrected chi connectivity index (χ4v) is 6.44. The van der Waals surface area contributed by atoms with Crippen LogP contribution in [0, 0.1) is 30.1 Å². The normalized spacial score (nSPS) is 26.3. The Morgan fingerprint density at radius 2 is 1.76 bits per heavy atom. The van der Waals surface area contributed by atoms with Crippen LogP contribution in [0.5, 0.6) is 0 Å². The first-order chi connectivity index (χ1) is 15.8. The van der Waals surface area contributed by atoms with Gasteiger partial charge in [0.05, 0.1) is 0 Å². The highest BCUT2D eigenvalue weighted by atomic mass is 16.1. The standard InChI is InChI=1S/C27H41N5O/c1-6-11-32-25(33)23(30-17-27-14-19(3)12-22(27)13-20(4)15-27)24(28-5)31-26(32)29-16-21-9-7-18(2)8-10-21/h7-10,19-20,22,28,30H,6,11-17H2,1-5H3,(H,29,31). The van der Waals surface area contributed by atoms with Crippen LogP contribution in [-0.4, -0.2) is 23.1 Å². The van der Waals surface area contributed by atoms with E-state index >= 15 is 0 Å². The van der Waals surface area contributed by atoms with Crippen molar-refractivity contribution < 1.29 is 0 Å². The van der Waals surface area contributed by atoms with Crippen molar-refractivity contribution in [3.8, 4) is 0 Å². The summed E-state index contributed by atoms with van der Waals surface area (Å²) in [4.78, 5) is 18.5. The molecule has 2 unspecified atom stereocenters. The van der Waals surface area contributed by atoms with Crippen LogP contribution < -0.4 is 21.5 Å². The molecule has 6 nitrogen and oxygen atoms in total. The van der Waals surface area contributed by atoms with Gasteiger partial charge in [0, 0.05) is 26.7 Å². The van der Waals surface area contributed by atoms with E-state index in [1.807, 2.05) is 7.05 Å². The van der Waals surface area contributed by atoms with Gasteiger partial charge in [0.15, 0.2) is 5.82 Å². The molecule has 0 aliphatic heterocycles. The van der Waals surface area contributed by atoms with Crippen LogP contribution in [0.1, 0.15) is 64.0 Å². The van der Waals surface area contributed by atoms with E-state index in [4.69, 9.17) is 4.98 Å². The minimum absolute atomic E-state index is 0.00708. The summed E-state index contributed by atoms with van der Waals surface area (Å²) in [6, 6.07) is 8.44. The first-order valence-corrected chi connectivity index (χ1v) is 12.7. The molecule has 6 heteroatoms. The Kier molecular flexibility index (Phi) is 7.01. The molecular formula is C27H41N5O. The van der Waals surface area contributed by atoms with Gasteiger partial charge in [0.25, 0.3) is 5.56 Å². The van der Waals surface area contributed by atoms with Crippen LogP contribution in [0.3, 0.4) is 0 Å². The minimum atomic E-state index is 0.00708. The van der Waals surface area contributed by atoms with Gasteiger partial charge in [-0.15, -0.1) is 0 Å². The summed E-state index contributed by atoms with van der Waals surface area (Å²) in [5, 5.41) is 10.2. The average molecular weight is 452 g/mol. The van der Waals surface area contributed by atoms with Crippen LogP contribution in [0.4, 0.5) is 17.5 Å². The molecule has 2 aliphatic carbocycles. The summed E-state index contributed by atoms with van der Waals surface area (Å²) >= 11 is 0. The molecule has 180 valence electrons. The van der Waals surface area contributed by atoms with Gasteiger partial charge in [-0.2, -0.15) is 4.98 Å². The highest BCUT2D eigenvalue weighted by molar-refractivity contribution is 5.65. The Hall–Kier alpha value is -2.50. The summed E-state index contributed by atoms with van der Waals surface area (Å²) in [5.41, 5.74) is 3.34. The van der Waals surface area contributed by atoms with Gasteiger partial charge in [0.1, 0.15) is 5.69 Å². The van der Waals surface area contributed by atoms with Crippen LogP contribution in [0.2, 0.25) is 0 Å². The summed E-state index contributed by atoms with van der Waals surface area (Å²) in [7, 11) is 1.84. The maximum atomic E-state index is 13.6. The molecule has 1 heterocycles. The molecular weight excluding hydrogens is 410 g/mol. The van der Waals surface area contributed by atoms with E-state index in [-0.39, 0.29) is 5.56 Å². The van der Waals surface area contributed by atoms with E-state index in [1.54, 1.807) is 4.57 Å².